The Kier molecular flexibility index (Phi) is 1.40. The first kappa shape index (κ1) is 6.42. The van der Waals surface area contributed by atoms with Crippen LogP contribution < -0.4 is 4.84 Å². The van der Waals surface area contributed by atoms with Crippen molar-refractivity contribution in [3.8, 4) is 0 Å². The van der Waals surface area contributed by atoms with Crippen molar-refractivity contribution < 1.29 is 0 Å². The van der Waals surface area contributed by atoms with Gasteiger partial charge in [0.1, 0.15) is 5.82 Å². The SMILES string of the molecule is ClNc1ccnc2ccnn12. The van der Waals surface area contributed by atoms with E-state index in [1.807, 2.05) is 0 Å². The van der Waals surface area contributed by atoms with E-state index in [9.17, 15) is 0 Å². The number of nitrogens with one attached hydrogen (secondary N) is 1. The van der Waals surface area contributed by atoms with Crippen LogP contribution in [0.15, 0.2) is 24.5 Å². The summed E-state index contributed by atoms with van der Waals surface area (Å²) in [4.78, 5) is 6.54. The number of hydrogen-bond acceptors (Lipinski definition) is 3. The monoisotopic (exact) mass is 168 g/mol. The topological polar surface area (TPSA) is 42.2 Å². The fourth-order valence-corrected chi connectivity index (χ4v) is 1.05. The first-order chi connectivity index (χ1) is 5.42. The molecule has 0 saturated heterocycles. The van der Waals surface area contributed by atoms with E-state index < -0.39 is 0 Å². The number of halogens is 1. The zero-order valence-corrected chi connectivity index (χ0v) is 6.28. The Labute approximate surface area is 67.9 Å². The van der Waals surface area contributed by atoms with Gasteiger partial charge in [-0.2, -0.15) is 9.61 Å². The van der Waals surface area contributed by atoms with Gasteiger partial charge in [0.25, 0.3) is 0 Å². The summed E-state index contributed by atoms with van der Waals surface area (Å²) in [6.07, 6.45) is 3.34. The summed E-state index contributed by atoms with van der Waals surface area (Å²) in [5.74, 6) is 0.710. The lowest BCUT2D eigenvalue weighted by Gasteiger charge is -1.98. The summed E-state index contributed by atoms with van der Waals surface area (Å²) in [6, 6.07) is 3.55. The Hall–Kier alpha value is -1.29. The maximum Gasteiger partial charge on any atom is 0.157 e. The molecule has 2 rings (SSSR count). The van der Waals surface area contributed by atoms with Gasteiger partial charge in [-0.15, -0.1) is 0 Å². The van der Waals surface area contributed by atoms with Crippen LogP contribution in [-0.4, -0.2) is 14.6 Å². The second-order valence-corrected chi connectivity index (χ2v) is 2.21. The fraction of sp³-hybridized carbons (Fsp3) is 0. The predicted octanol–water partition coefficient (Wildman–Crippen LogP) is 1.29. The molecule has 11 heavy (non-hydrogen) atoms. The first-order valence-electron chi connectivity index (χ1n) is 3.07. The lowest BCUT2D eigenvalue weighted by molar-refractivity contribution is 0.951. The van der Waals surface area contributed by atoms with Crippen molar-refractivity contribution in [2.75, 3.05) is 4.84 Å². The van der Waals surface area contributed by atoms with E-state index in [1.165, 1.54) is 0 Å². The van der Waals surface area contributed by atoms with Crippen LogP contribution in [0.25, 0.3) is 5.65 Å². The van der Waals surface area contributed by atoms with E-state index in [0.29, 0.717) is 5.82 Å². The van der Waals surface area contributed by atoms with Gasteiger partial charge in [0.15, 0.2) is 5.65 Å². The smallest absolute Gasteiger partial charge is 0.157 e. The lowest BCUT2D eigenvalue weighted by atomic mass is 10.6. The van der Waals surface area contributed by atoms with Crippen LogP contribution >= 0.6 is 11.8 Å². The van der Waals surface area contributed by atoms with Crippen LogP contribution in [0.4, 0.5) is 5.82 Å². The van der Waals surface area contributed by atoms with E-state index in [2.05, 4.69) is 14.9 Å². The van der Waals surface area contributed by atoms with Crippen LogP contribution in [0.1, 0.15) is 0 Å². The molecule has 0 radical (unpaired) electrons. The van der Waals surface area contributed by atoms with E-state index in [0.717, 1.165) is 5.65 Å². The van der Waals surface area contributed by atoms with E-state index in [4.69, 9.17) is 11.8 Å². The summed E-state index contributed by atoms with van der Waals surface area (Å²) in [5, 5.41) is 4.00. The maximum absolute atomic E-state index is 5.42. The molecule has 0 saturated carbocycles. The second kappa shape index (κ2) is 2.39. The minimum Gasteiger partial charge on any atom is -0.282 e. The molecule has 4 nitrogen and oxygen atoms in total. The van der Waals surface area contributed by atoms with Gasteiger partial charge < -0.3 is 0 Å². The Morgan fingerprint density at radius 3 is 3.09 bits per heavy atom. The summed E-state index contributed by atoms with van der Waals surface area (Å²) >= 11 is 5.42. The molecule has 5 heteroatoms. The highest BCUT2D eigenvalue weighted by molar-refractivity contribution is 6.23. The fourth-order valence-electron chi connectivity index (χ4n) is 0.906. The van der Waals surface area contributed by atoms with Crippen molar-refractivity contribution in [2.24, 2.45) is 0 Å². The zero-order valence-electron chi connectivity index (χ0n) is 5.53. The molecular weight excluding hydrogens is 164 g/mol. The molecule has 0 fully saturated rings. The van der Waals surface area contributed by atoms with Crippen molar-refractivity contribution in [3.63, 3.8) is 0 Å². The van der Waals surface area contributed by atoms with Crippen LogP contribution in [0.2, 0.25) is 0 Å². The van der Waals surface area contributed by atoms with Crippen LogP contribution in [0.5, 0.6) is 0 Å². The number of hydrogen-bond donors (Lipinski definition) is 1. The Morgan fingerprint density at radius 1 is 1.36 bits per heavy atom. The molecule has 0 aliphatic carbocycles. The molecule has 0 amide bonds. The molecule has 56 valence electrons. The standard InChI is InChI=1S/C6H5ClN4/c7-10-6-1-3-8-5-2-4-9-11(5)6/h1-4,10H. The van der Waals surface area contributed by atoms with Crippen molar-refractivity contribution in [1.29, 1.82) is 0 Å². The molecule has 0 aliphatic heterocycles. The van der Waals surface area contributed by atoms with Crippen LogP contribution in [0, 0.1) is 0 Å². The van der Waals surface area contributed by atoms with E-state index in [1.54, 1.807) is 29.0 Å². The molecule has 0 aliphatic rings. The minimum absolute atomic E-state index is 0.710. The number of nitrogens with zero attached hydrogens (tertiary/aromatic N) is 3. The average molecular weight is 169 g/mol. The van der Waals surface area contributed by atoms with Crippen LogP contribution in [-0.2, 0) is 0 Å². The quantitative estimate of drug-likeness (QED) is 0.653. The van der Waals surface area contributed by atoms with E-state index in [-0.39, 0.29) is 0 Å². The minimum atomic E-state index is 0.710. The van der Waals surface area contributed by atoms with Gasteiger partial charge in [0.05, 0.1) is 6.20 Å². The zero-order chi connectivity index (χ0) is 7.68. The molecule has 0 spiro atoms. The number of rotatable bonds is 1. The third-order valence-electron chi connectivity index (χ3n) is 1.39. The second-order valence-electron chi connectivity index (χ2n) is 2.03. The van der Waals surface area contributed by atoms with Gasteiger partial charge in [-0.05, 0) is 0 Å². The number of anilines is 1. The molecule has 2 aromatic heterocycles. The highest BCUT2D eigenvalue weighted by Gasteiger charge is 1.97. The average Bonchev–Trinajstić information content (AvgIpc) is 2.50. The molecule has 2 heterocycles. The summed E-state index contributed by atoms with van der Waals surface area (Å²) in [5.41, 5.74) is 0.774. The van der Waals surface area contributed by atoms with Gasteiger partial charge in [0, 0.05) is 30.1 Å². The van der Waals surface area contributed by atoms with Gasteiger partial charge in [-0.3, -0.25) is 4.84 Å². The van der Waals surface area contributed by atoms with Gasteiger partial charge >= 0.3 is 0 Å². The van der Waals surface area contributed by atoms with Gasteiger partial charge in [-0.1, -0.05) is 0 Å². The molecule has 0 aromatic carbocycles. The maximum atomic E-state index is 5.42. The number of aromatic nitrogens is 3. The normalized spacial score (nSPS) is 10.3. The van der Waals surface area contributed by atoms with Crippen LogP contribution in [0.3, 0.4) is 0 Å². The molecule has 0 bridgehead atoms. The van der Waals surface area contributed by atoms with E-state index >= 15 is 0 Å². The first-order valence-corrected chi connectivity index (χ1v) is 3.45. The molecule has 0 atom stereocenters. The highest BCUT2D eigenvalue weighted by atomic mass is 35.5. The third-order valence-corrected chi connectivity index (χ3v) is 1.58. The van der Waals surface area contributed by atoms with Gasteiger partial charge in [-0.25, -0.2) is 4.98 Å². The summed E-state index contributed by atoms with van der Waals surface area (Å²) in [6.45, 7) is 0. The summed E-state index contributed by atoms with van der Waals surface area (Å²) < 4.78 is 1.62. The van der Waals surface area contributed by atoms with Crippen molar-refractivity contribution in [3.05, 3.63) is 24.5 Å². The highest BCUT2D eigenvalue weighted by Crippen LogP contribution is 2.08. The lowest BCUT2D eigenvalue weighted by Crippen LogP contribution is -1.95. The number of fused-ring (bicyclic) bond motifs is 1. The Balaban J connectivity index is 2.79. The Morgan fingerprint density at radius 2 is 2.27 bits per heavy atom. The summed E-state index contributed by atoms with van der Waals surface area (Å²) in [7, 11) is 0. The molecule has 1 N–H and O–H groups in total. The van der Waals surface area contributed by atoms with Crippen molar-refractivity contribution in [2.45, 2.75) is 0 Å². The third kappa shape index (κ3) is 0.914. The predicted molar refractivity (Wildman–Crippen MR) is 42.5 cm³/mol. The van der Waals surface area contributed by atoms with Crippen molar-refractivity contribution in [1.82, 2.24) is 14.6 Å². The molecule has 2 aromatic rings. The van der Waals surface area contributed by atoms with Gasteiger partial charge in [0.2, 0.25) is 0 Å². The largest absolute Gasteiger partial charge is 0.282 e. The van der Waals surface area contributed by atoms with Crippen molar-refractivity contribution >= 4 is 23.2 Å². The molecule has 0 unspecified atom stereocenters. The molecular formula is C6H5ClN4. The Bertz CT molecular complexity index is 369.